The first-order valence-corrected chi connectivity index (χ1v) is 7.30. The van der Waals surface area contributed by atoms with Crippen molar-refractivity contribution in [1.29, 1.82) is 0 Å². The Morgan fingerprint density at radius 2 is 2.20 bits per heavy atom. The second-order valence-electron chi connectivity index (χ2n) is 4.88. The quantitative estimate of drug-likeness (QED) is 0.846. The molecule has 2 rings (SSSR count). The van der Waals surface area contributed by atoms with Crippen molar-refractivity contribution in [2.24, 2.45) is 11.0 Å². The average molecular weight is 295 g/mol. The van der Waals surface area contributed by atoms with Gasteiger partial charge in [-0.05, 0) is 55.9 Å². The lowest BCUT2D eigenvalue weighted by Crippen LogP contribution is -2.26. The zero-order valence-electron chi connectivity index (χ0n) is 11.6. The highest BCUT2D eigenvalue weighted by Crippen LogP contribution is 2.24. The lowest BCUT2D eigenvalue weighted by molar-refractivity contribution is -0.123. The van der Waals surface area contributed by atoms with Gasteiger partial charge < -0.3 is 4.74 Å². The molecule has 0 aromatic heterocycles. The molecule has 0 spiro atoms. The Labute approximate surface area is 124 Å². The van der Waals surface area contributed by atoms with Gasteiger partial charge in [0.05, 0.1) is 0 Å². The van der Waals surface area contributed by atoms with Crippen molar-refractivity contribution in [2.45, 2.75) is 32.6 Å². The lowest BCUT2D eigenvalue weighted by Gasteiger charge is -2.08. The van der Waals surface area contributed by atoms with Crippen LogP contribution in [0, 0.1) is 5.92 Å². The molecule has 0 heterocycles. The van der Waals surface area contributed by atoms with Crippen LogP contribution in [0.25, 0.3) is 0 Å². The van der Waals surface area contributed by atoms with Crippen LogP contribution in [-0.4, -0.2) is 18.2 Å². The van der Waals surface area contributed by atoms with E-state index in [2.05, 4.69) is 17.5 Å². The Morgan fingerprint density at radius 3 is 2.90 bits per heavy atom. The van der Waals surface area contributed by atoms with Crippen molar-refractivity contribution >= 4 is 23.2 Å². The predicted molar refractivity (Wildman–Crippen MR) is 80.2 cm³/mol. The molecule has 108 valence electrons. The Kier molecular flexibility index (Phi) is 5.41. The van der Waals surface area contributed by atoms with E-state index >= 15 is 0 Å². The minimum atomic E-state index is -0.241. The lowest BCUT2D eigenvalue weighted by atomic mass is 10.0. The average Bonchev–Trinajstić information content (AvgIpc) is 2.92. The molecule has 1 saturated carbocycles. The summed E-state index contributed by atoms with van der Waals surface area (Å²) < 4.78 is 5.35. The number of carbonyl (C=O) groups is 1. The number of ether oxygens (including phenoxy) is 1. The molecule has 1 aromatic carbocycles. The van der Waals surface area contributed by atoms with Crippen molar-refractivity contribution in [3.8, 4) is 5.75 Å². The van der Waals surface area contributed by atoms with Gasteiger partial charge in [-0.15, -0.1) is 0 Å². The van der Waals surface area contributed by atoms with Gasteiger partial charge in [0.25, 0.3) is 5.91 Å². The summed E-state index contributed by atoms with van der Waals surface area (Å²) in [5, 5.41) is 4.86. The third kappa shape index (κ3) is 4.23. The van der Waals surface area contributed by atoms with Crippen molar-refractivity contribution in [3.63, 3.8) is 0 Å². The van der Waals surface area contributed by atoms with Gasteiger partial charge in [-0.25, -0.2) is 5.43 Å². The molecular formula is C15H19ClN2O2. The standard InChI is InChI=1S/C15H19ClN2O2/c1-2-11-4-3-5-14(11)17-18-15(19)10-20-13-8-6-12(16)7-9-13/h6-9,11H,2-5,10H2,1H3,(H,18,19). The Bertz CT molecular complexity index is 485. The zero-order valence-corrected chi connectivity index (χ0v) is 12.3. The van der Waals surface area contributed by atoms with E-state index in [1.807, 2.05) is 0 Å². The van der Waals surface area contributed by atoms with Crippen LogP contribution in [0.4, 0.5) is 0 Å². The van der Waals surface area contributed by atoms with Gasteiger partial charge in [-0.3, -0.25) is 4.79 Å². The maximum absolute atomic E-state index is 11.7. The maximum Gasteiger partial charge on any atom is 0.277 e. The van der Waals surface area contributed by atoms with Gasteiger partial charge in [-0.1, -0.05) is 18.5 Å². The van der Waals surface area contributed by atoms with Gasteiger partial charge in [0.2, 0.25) is 0 Å². The highest BCUT2D eigenvalue weighted by atomic mass is 35.5. The number of hydrogen-bond acceptors (Lipinski definition) is 3. The van der Waals surface area contributed by atoms with Crippen LogP contribution < -0.4 is 10.2 Å². The molecule has 1 atom stereocenters. The molecule has 1 N–H and O–H groups in total. The zero-order chi connectivity index (χ0) is 14.4. The van der Waals surface area contributed by atoms with Crippen LogP contribution in [0.1, 0.15) is 32.6 Å². The number of halogens is 1. The molecule has 1 aromatic rings. The second kappa shape index (κ2) is 7.29. The first-order valence-electron chi connectivity index (χ1n) is 6.92. The molecule has 1 fully saturated rings. The number of carbonyl (C=O) groups excluding carboxylic acids is 1. The molecule has 1 amide bonds. The van der Waals surface area contributed by atoms with Crippen molar-refractivity contribution in [1.82, 2.24) is 5.43 Å². The Morgan fingerprint density at radius 1 is 1.45 bits per heavy atom. The van der Waals surface area contributed by atoms with E-state index in [0.29, 0.717) is 16.7 Å². The number of amides is 1. The van der Waals surface area contributed by atoms with Crippen molar-refractivity contribution in [3.05, 3.63) is 29.3 Å². The summed E-state index contributed by atoms with van der Waals surface area (Å²) in [5.41, 5.74) is 3.67. The minimum Gasteiger partial charge on any atom is -0.484 e. The molecule has 0 bridgehead atoms. The smallest absolute Gasteiger partial charge is 0.277 e. The summed E-state index contributed by atoms with van der Waals surface area (Å²) in [6, 6.07) is 6.90. The molecule has 0 radical (unpaired) electrons. The minimum absolute atomic E-state index is 0.0464. The third-order valence-corrected chi connectivity index (χ3v) is 3.71. The van der Waals surface area contributed by atoms with Gasteiger partial charge >= 0.3 is 0 Å². The van der Waals surface area contributed by atoms with Crippen LogP contribution in [0.2, 0.25) is 5.02 Å². The van der Waals surface area contributed by atoms with E-state index in [-0.39, 0.29) is 12.5 Å². The first kappa shape index (κ1) is 14.9. The number of hydrogen-bond donors (Lipinski definition) is 1. The van der Waals surface area contributed by atoms with E-state index in [4.69, 9.17) is 16.3 Å². The van der Waals surface area contributed by atoms with Crippen LogP contribution in [-0.2, 0) is 4.79 Å². The van der Waals surface area contributed by atoms with Crippen molar-refractivity contribution in [2.75, 3.05) is 6.61 Å². The highest BCUT2D eigenvalue weighted by Gasteiger charge is 2.20. The summed E-state index contributed by atoms with van der Waals surface area (Å²) in [6.45, 7) is 2.10. The molecule has 5 heteroatoms. The third-order valence-electron chi connectivity index (χ3n) is 3.46. The molecule has 1 unspecified atom stereocenters. The summed E-state index contributed by atoms with van der Waals surface area (Å²) in [7, 11) is 0. The Hall–Kier alpha value is -1.55. The van der Waals surface area contributed by atoms with E-state index in [9.17, 15) is 4.79 Å². The van der Waals surface area contributed by atoms with E-state index < -0.39 is 0 Å². The van der Waals surface area contributed by atoms with Gasteiger partial charge in [-0.2, -0.15) is 5.10 Å². The summed E-state index contributed by atoms with van der Waals surface area (Å²) >= 11 is 5.77. The SMILES string of the molecule is CCC1CCCC1=NNC(=O)COc1ccc(Cl)cc1. The van der Waals surface area contributed by atoms with E-state index in [1.165, 1.54) is 6.42 Å². The highest BCUT2D eigenvalue weighted by molar-refractivity contribution is 6.30. The fraction of sp³-hybridized carbons (Fsp3) is 0.467. The molecular weight excluding hydrogens is 276 g/mol. The largest absolute Gasteiger partial charge is 0.484 e. The van der Waals surface area contributed by atoms with Crippen LogP contribution in [0.5, 0.6) is 5.75 Å². The first-order chi connectivity index (χ1) is 9.69. The second-order valence-corrected chi connectivity index (χ2v) is 5.31. The fourth-order valence-electron chi connectivity index (χ4n) is 2.33. The number of hydrazone groups is 1. The summed E-state index contributed by atoms with van der Waals surface area (Å²) in [4.78, 5) is 11.7. The summed E-state index contributed by atoms with van der Waals surface area (Å²) in [5.74, 6) is 0.895. The molecule has 1 aliphatic rings. The Balaban J connectivity index is 1.78. The number of benzene rings is 1. The number of nitrogens with zero attached hydrogens (tertiary/aromatic N) is 1. The maximum atomic E-state index is 11.7. The molecule has 0 saturated heterocycles. The fourth-order valence-corrected chi connectivity index (χ4v) is 2.46. The van der Waals surface area contributed by atoms with Gasteiger partial charge in [0, 0.05) is 10.7 Å². The van der Waals surface area contributed by atoms with Crippen molar-refractivity contribution < 1.29 is 9.53 Å². The topological polar surface area (TPSA) is 50.7 Å². The summed E-state index contributed by atoms with van der Waals surface area (Å²) in [6.07, 6.45) is 4.40. The van der Waals surface area contributed by atoms with Crippen LogP contribution >= 0.6 is 11.6 Å². The number of nitrogens with one attached hydrogen (secondary N) is 1. The molecule has 4 nitrogen and oxygen atoms in total. The normalized spacial score (nSPS) is 20.1. The number of rotatable bonds is 5. The van der Waals surface area contributed by atoms with E-state index in [0.717, 1.165) is 25.0 Å². The molecule has 20 heavy (non-hydrogen) atoms. The molecule has 0 aliphatic heterocycles. The van der Waals surface area contributed by atoms with Crippen LogP contribution in [0.3, 0.4) is 0 Å². The van der Waals surface area contributed by atoms with Crippen LogP contribution in [0.15, 0.2) is 29.4 Å². The van der Waals surface area contributed by atoms with Gasteiger partial charge in [0.15, 0.2) is 6.61 Å². The molecule has 1 aliphatic carbocycles. The monoisotopic (exact) mass is 294 g/mol. The predicted octanol–water partition coefficient (Wildman–Crippen LogP) is 3.40. The van der Waals surface area contributed by atoms with E-state index in [1.54, 1.807) is 24.3 Å². The van der Waals surface area contributed by atoms with Gasteiger partial charge in [0.1, 0.15) is 5.75 Å².